The van der Waals surface area contributed by atoms with Gasteiger partial charge < -0.3 is 5.32 Å². The summed E-state index contributed by atoms with van der Waals surface area (Å²) >= 11 is 0. The second-order valence-corrected chi connectivity index (χ2v) is 3.78. The van der Waals surface area contributed by atoms with Crippen molar-refractivity contribution < 1.29 is 26.7 Å². The smallest absolute Gasteiger partial charge is 0.346 e. The zero-order valence-corrected chi connectivity index (χ0v) is 9.87. The van der Waals surface area contributed by atoms with Gasteiger partial charge in [-0.3, -0.25) is 4.79 Å². The van der Waals surface area contributed by atoms with E-state index in [0.717, 1.165) is 0 Å². The van der Waals surface area contributed by atoms with Gasteiger partial charge in [0, 0.05) is 18.9 Å². The molecule has 17 heavy (non-hydrogen) atoms. The Kier molecular flexibility index (Phi) is 5.35. The third-order valence-corrected chi connectivity index (χ3v) is 2.44. The van der Waals surface area contributed by atoms with Crippen LogP contribution in [0, 0.1) is 5.92 Å². The van der Waals surface area contributed by atoms with Gasteiger partial charge in [0.2, 0.25) is 5.92 Å². The summed E-state index contributed by atoms with van der Waals surface area (Å²) in [5, 5.41) is 1.66. The quantitative estimate of drug-likeness (QED) is 0.760. The maximum Gasteiger partial charge on any atom is 0.471 e. The van der Waals surface area contributed by atoms with Gasteiger partial charge in [0.05, 0.1) is 0 Å². The van der Waals surface area contributed by atoms with Crippen molar-refractivity contribution >= 4 is 5.91 Å². The van der Waals surface area contributed by atoms with E-state index in [2.05, 4.69) is 0 Å². The van der Waals surface area contributed by atoms with Gasteiger partial charge in [-0.2, -0.15) is 13.2 Å². The molecule has 0 saturated heterocycles. The molecule has 1 saturated carbocycles. The molecule has 1 rings (SSSR count). The Morgan fingerprint density at radius 1 is 1.29 bits per heavy atom. The fourth-order valence-corrected chi connectivity index (χ4v) is 1.47. The lowest BCUT2D eigenvalue weighted by atomic mass is 9.77. The fourth-order valence-electron chi connectivity index (χ4n) is 1.47. The summed E-state index contributed by atoms with van der Waals surface area (Å²) in [6.45, 7) is 5.30. The maximum absolute atomic E-state index is 12.4. The van der Waals surface area contributed by atoms with Crippen LogP contribution in [0.15, 0.2) is 0 Å². The lowest BCUT2D eigenvalue weighted by Gasteiger charge is -2.38. The number of hydrogen-bond donors (Lipinski definition) is 1. The van der Waals surface area contributed by atoms with E-state index in [0.29, 0.717) is 0 Å². The number of rotatable bonds is 2. The second-order valence-electron chi connectivity index (χ2n) is 3.78. The normalized spacial score (nSPS) is 20.7. The van der Waals surface area contributed by atoms with Crippen molar-refractivity contribution in [3.63, 3.8) is 0 Å². The molecule has 0 bridgehead atoms. The molecule has 1 fully saturated rings. The molecule has 1 aliphatic carbocycles. The number of carbonyl (C=O) groups excluding carboxylic acids is 1. The molecule has 2 nitrogen and oxygen atoms in total. The molecule has 0 aromatic rings. The summed E-state index contributed by atoms with van der Waals surface area (Å²) in [7, 11) is 0. The van der Waals surface area contributed by atoms with Crippen LogP contribution in [0.5, 0.6) is 0 Å². The lowest BCUT2D eigenvalue weighted by molar-refractivity contribution is -0.176. The van der Waals surface area contributed by atoms with Gasteiger partial charge in [-0.15, -0.1) is 0 Å². The highest BCUT2D eigenvalue weighted by atomic mass is 19.4. The van der Waals surface area contributed by atoms with Crippen LogP contribution in [-0.2, 0) is 4.79 Å². The number of amides is 1. The van der Waals surface area contributed by atoms with E-state index < -0.39 is 42.8 Å². The molecule has 102 valence electrons. The van der Waals surface area contributed by atoms with E-state index in [-0.39, 0.29) is 0 Å². The standard InChI is InChI=1S/C8H10F5NO.C2H6/c1-4(5-2-7(9,10)3-5)14-6(15)8(11,12)13;1-2/h4-5H,2-3H2,1H3,(H,14,15);1-2H3. The molecule has 1 amide bonds. The summed E-state index contributed by atoms with van der Waals surface area (Å²) in [6.07, 6.45) is -5.89. The SMILES string of the molecule is CC.CC(NC(=O)C(F)(F)F)C1CC(F)(F)C1. The van der Waals surface area contributed by atoms with Gasteiger partial charge in [0.1, 0.15) is 0 Å². The Labute approximate surface area is 96.6 Å². The summed E-state index contributed by atoms with van der Waals surface area (Å²) in [6, 6.07) is -0.876. The highest BCUT2D eigenvalue weighted by molar-refractivity contribution is 5.81. The molecule has 1 N–H and O–H groups in total. The minimum absolute atomic E-state index is 0.466. The average Bonchev–Trinajstić information content (AvgIpc) is 2.15. The van der Waals surface area contributed by atoms with Gasteiger partial charge in [-0.25, -0.2) is 8.78 Å². The van der Waals surface area contributed by atoms with E-state index in [4.69, 9.17) is 0 Å². The minimum atomic E-state index is -4.96. The summed E-state index contributed by atoms with van der Waals surface area (Å²) < 4.78 is 60.1. The predicted molar refractivity (Wildman–Crippen MR) is 52.7 cm³/mol. The van der Waals surface area contributed by atoms with Crippen LogP contribution >= 0.6 is 0 Å². The van der Waals surface area contributed by atoms with E-state index in [1.807, 2.05) is 13.8 Å². The van der Waals surface area contributed by atoms with E-state index >= 15 is 0 Å². The molecule has 1 unspecified atom stereocenters. The van der Waals surface area contributed by atoms with Crippen LogP contribution < -0.4 is 5.32 Å². The van der Waals surface area contributed by atoms with E-state index in [1.165, 1.54) is 6.92 Å². The molecule has 0 spiro atoms. The van der Waals surface area contributed by atoms with Crippen LogP contribution in [-0.4, -0.2) is 24.0 Å². The highest BCUT2D eigenvalue weighted by Crippen LogP contribution is 2.44. The Balaban J connectivity index is 0.00000121. The topological polar surface area (TPSA) is 29.1 Å². The van der Waals surface area contributed by atoms with Crippen molar-refractivity contribution in [1.82, 2.24) is 5.32 Å². The van der Waals surface area contributed by atoms with Crippen molar-refractivity contribution in [3.8, 4) is 0 Å². The number of hydrogen-bond acceptors (Lipinski definition) is 1. The van der Waals surface area contributed by atoms with Crippen molar-refractivity contribution in [2.45, 2.75) is 51.8 Å². The Bertz CT molecular complexity index is 256. The molecule has 0 aromatic carbocycles. The molecule has 1 atom stereocenters. The highest BCUT2D eigenvalue weighted by Gasteiger charge is 2.49. The Morgan fingerprint density at radius 3 is 2.00 bits per heavy atom. The number of halogens is 5. The predicted octanol–water partition coefficient (Wildman–Crippen LogP) is 3.12. The van der Waals surface area contributed by atoms with Gasteiger partial charge in [-0.05, 0) is 12.8 Å². The third-order valence-electron chi connectivity index (χ3n) is 2.44. The van der Waals surface area contributed by atoms with E-state index in [9.17, 15) is 26.7 Å². The van der Waals surface area contributed by atoms with E-state index in [1.54, 1.807) is 5.32 Å². The Hall–Kier alpha value is -0.880. The number of alkyl halides is 5. The zero-order chi connectivity index (χ0) is 13.9. The largest absolute Gasteiger partial charge is 0.471 e. The van der Waals surface area contributed by atoms with Gasteiger partial charge in [0.15, 0.2) is 0 Å². The average molecular weight is 261 g/mol. The molecule has 0 radical (unpaired) electrons. The van der Waals surface area contributed by atoms with Crippen molar-refractivity contribution in [2.24, 2.45) is 5.92 Å². The number of nitrogens with one attached hydrogen (secondary N) is 1. The molecule has 7 heteroatoms. The molecular weight excluding hydrogens is 245 g/mol. The summed E-state index contributed by atoms with van der Waals surface area (Å²) in [4.78, 5) is 10.5. The van der Waals surface area contributed by atoms with Gasteiger partial charge >= 0.3 is 12.1 Å². The molecule has 0 aliphatic heterocycles. The number of carbonyl (C=O) groups is 1. The van der Waals surface area contributed by atoms with Crippen molar-refractivity contribution in [2.75, 3.05) is 0 Å². The minimum Gasteiger partial charge on any atom is -0.346 e. The summed E-state index contributed by atoms with van der Waals surface area (Å²) in [5.41, 5.74) is 0. The van der Waals surface area contributed by atoms with Crippen LogP contribution in [0.25, 0.3) is 0 Å². The Morgan fingerprint density at radius 2 is 1.71 bits per heavy atom. The third kappa shape index (κ3) is 4.87. The maximum atomic E-state index is 12.4. The monoisotopic (exact) mass is 261 g/mol. The summed E-state index contributed by atoms with van der Waals surface area (Å²) in [5.74, 6) is -5.45. The first-order valence-electron chi connectivity index (χ1n) is 5.37. The van der Waals surface area contributed by atoms with Gasteiger partial charge in [0.25, 0.3) is 0 Å². The van der Waals surface area contributed by atoms with Crippen molar-refractivity contribution in [3.05, 3.63) is 0 Å². The van der Waals surface area contributed by atoms with Crippen molar-refractivity contribution in [1.29, 1.82) is 0 Å². The molecular formula is C10H16F5NO. The fraction of sp³-hybridized carbons (Fsp3) is 0.900. The lowest BCUT2D eigenvalue weighted by Crippen LogP contribution is -2.51. The van der Waals surface area contributed by atoms with Crippen LogP contribution in [0.3, 0.4) is 0 Å². The van der Waals surface area contributed by atoms with Crippen LogP contribution in [0.4, 0.5) is 22.0 Å². The zero-order valence-electron chi connectivity index (χ0n) is 9.87. The van der Waals surface area contributed by atoms with Gasteiger partial charge in [-0.1, -0.05) is 13.8 Å². The first-order chi connectivity index (χ1) is 7.62. The van der Waals surface area contributed by atoms with Crippen LogP contribution in [0.2, 0.25) is 0 Å². The van der Waals surface area contributed by atoms with Crippen LogP contribution in [0.1, 0.15) is 33.6 Å². The second kappa shape index (κ2) is 5.64. The molecule has 1 aliphatic rings. The molecule has 0 heterocycles. The molecule has 0 aromatic heterocycles. The first kappa shape index (κ1) is 16.1. The first-order valence-corrected chi connectivity index (χ1v) is 5.37.